The van der Waals surface area contributed by atoms with Gasteiger partial charge in [0.25, 0.3) is 5.91 Å². The number of morpholine rings is 1. The average molecular weight is 379 g/mol. The van der Waals surface area contributed by atoms with Crippen molar-refractivity contribution in [1.82, 2.24) is 14.1 Å². The maximum absolute atomic E-state index is 13.0. The lowest BCUT2D eigenvalue weighted by molar-refractivity contribution is 0.0730. The Morgan fingerprint density at radius 2 is 1.85 bits per heavy atom. The number of aromatic nitrogens is 2. The summed E-state index contributed by atoms with van der Waals surface area (Å²) in [6.07, 6.45) is 0. The molecule has 2 aromatic rings. The highest BCUT2D eigenvalue weighted by molar-refractivity contribution is 7.89. The minimum Gasteiger partial charge on any atom is -0.496 e. The van der Waals surface area contributed by atoms with Gasteiger partial charge in [-0.25, -0.2) is 8.42 Å². The van der Waals surface area contributed by atoms with E-state index in [4.69, 9.17) is 9.47 Å². The molecule has 0 saturated carbocycles. The van der Waals surface area contributed by atoms with Crippen LogP contribution in [0.15, 0.2) is 29.2 Å². The lowest BCUT2D eigenvalue weighted by Crippen LogP contribution is -2.41. The van der Waals surface area contributed by atoms with Crippen molar-refractivity contribution >= 4 is 15.9 Å². The number of nitrogens with zero attached hydrogens (tertiary/aromatic N) is 3. The molecule has 0 amide bonds. The predicted octanol–water partition coefficient (Wildman–Crippen LogP) is 1.22. The van der Waals surface area contributed by atoms with Crippen molar-refractivity contribution < 1.29 is 22.7 Å². The van der Waals surface area contributed by atoms with Crippen LogP contribution in [0.4, 0.5) is 0 Å². The number of carbonyl (C=O) groups is 1. The first kappa shape index (κ1) is 18.6. The Balaban J connectivity index is 2.04. The first-order valence-corrected chi connectivity index (χ1v) is 9.63. The number of aryl methyl sites for hydroxylation is 1. The molecule has 0 N–H and O–H groups in total. The molecule has 1 aromatic carbocycles. The highest BCUT2D eigenvalue weighted by atomic mass is 32.2. The third-order valence-electron chi connectivity index (χ3n) is 4.32. The van der Waals surface area contributed by atoms with Gasteiger partial charge in [0.1, 0.15) is 10.6 Å². The van der Waals surface area contributed by atoms with Crippen LogP contribution < -0.4 is 4.74 Å². The molecule has 0 radical (unpaired) electrons. The zero-order valence-corrected chi connectivity index (χ0v) is 15.7. The van der Waals surface area contributed by atoms with Crippen LogP contribution in [0.25, 0.3) is 0 Å². The summed E-state index contributed by atoms with van der Waals surface area (Å²) in [5.74, 6) is -0.0332. The molecule has 0 spiro atoms. The summed E-state index contributed by atoms with van der Waals surface area (Å²) >= 11 is 0. The van der Waals surface area contributed by atoms with Crippen LogP contribution in [0, 0.1) is 13.8 Å². The minimum absolute atomic E-state index is 0.0719. The van der Waals surface area contributed by atoms with Crippen molar-refractivity contribution in [2.75, 3.05) is 33.4 Å². The molecule has 0 unspecified atom stereocenters. The zero-order valence-electron chi connectivity index (χ0n) is 14.9. The average Bonchev–Trinajstić information content (AvgIpc) is 2.96. The van der Waals surface area contributed by atoms with Gasteiger partial charge < -0.3 is 9.47 Å². The molecule has 1 fully saturated rings. The zero-order chi connectivity index (χ0) is 18.9. The van der Waals surface area contributed by atoms with E-state index in [9.17, 15) is 13.2 Å². The Morgan fingerprint density at radius 3 is 2.50 bits per heavy atom. The number of hydrogen-bond donors (Lipinski definition) is 0. The van der Waals surface area contributed by atoms with Crippen molar-refractivity contribution in [3.63, 3.8) is 0 Å². The molecule has 0 bridgehead atoms. The summed E-state index contributed by atoms with van der Waals surface area (Å²) in [6.45, 7) is 4.45. The Labute approximate surface area is 152 Å². The van der Waals surface area contributed by atoms with E-state index < -0.39 is 15.9 Å². The summed E-state index contributed by atoms with van der Waals surface area (Å²) in [5, 5.41) is 4.20. The van der Waals surface area contributed by atoms with Crippen molar-refractivity contribution in [2.24, 2.45) is 0 Å². The smallest absolute Gasteiger partial charge is 0.282 e. The van der Waals surface area contributed by atoms with E-state index in [1.54, 1.807) is 38.1 Å². The van der Waals surface area contributed by atoms with Gasteiger partial charge in [0.05, 0.1) is 37.3 Å². The monoisotopic (exact) mass is 379 g/mol. The van der Waals surface area contributed by atoms with Crippen LogP contribution in [-0.4, -0.2) is 61.8 Å². The number of carbonyl (C=O) groups excluding carboxylic acids is 1. The molecule has 3 rings (SSSR count). The first-order chi connectivity index (χ1) is 12.4. The first-order valence-electron chi connectivity index (χ1n) is 8.19. The van der Waals surface area contributed by atoms with Gasteiger partial charge >= 0.3 is 0 Å². The molecular weight excluding hydrogens is 358 g/mol. The number of hydrogen-bond acceptors (Lipinski definition) is 6. The van der Waals surface area contributed by atoms with Crippen LogP contribution in [-0.2, 0) is 14.8 Å². The molecule has 140 valence electrons. The number of benzene rings is 1. The number of ether oxygens (including phenoxy) is 2. The van der Waals surface area contributed by atoms with E-state index in [-0.39, 0.29) is 29.4 Å². The maximum Gasteiger partial charge on any atom is 0.282 e. The van der Waals surface area contributed by atoms with Gasteiger partial charge in [-0.05, 0) is 26.0 Å². The summed E-state index contributed by atoms with van der Waals surface area (Å²) in [4.78, 5) is 13.0. The third-order valence-corrected chi connectivity index (χ3v) is 6.47. The van der Waals surface area contributed by atoms with Crippen molar-refractivity contribution in [3.05, 3.63) is 41.2 Å². The molecule has 2 heterocycles. The fourth-order valence-electron chi connectivity index (χ4n) is 3.05. The highest BCUT2D eigenvalue weighted by Gasteiger charge is 2.33. The molecular formula is C17H21N3O5S. The normalized spacial score (nSPS) is 15.8. The second-order valence-corrected chi connectivity index (χ2v) is 7.81. The predicted molar refractivity (Wildman–Crippen MR) is 94.0 cm³/mol. The number of methoxy groups -OCH3 is 1. The number of sulfonamides is 1. The fourth-order valence-corrected chi connectivity index (χ4v) is 4.81. The molecule has 0 aliphatic carbocycles. The summed E-state index contributed by atoms with van der Waals surface area (Å²) < 4.78 is 39.0. The van der Waals surface area contributed by atoms with E-state index in [0.29, 0.717) is 24.5 Å². The quantitative estimate of drug-likeness (QED) is 0.793. The van der Waals surface area contributed by atoms with Crippen LogP contribution in [0.3, 0.4) is 0 Å². The molecule has 1 aromatic heterocycles. The topological polar surface area (TPSA) is 90.7 Å². The Hall–Kier alpha value is -2.23. The summed E-state index contributed by atoms with van der Waals surface area (Å²) in [5.41, 5.74) is 0.887. The van der Waals surface area contributed by atoms with Crippen LogP contribution >= 0.6 is 0 Å². The van der Waals surface area contributed by atoms with Gasteiger partial charge in [0, 0.05) is 13.1 Å². The number of para-hydroxylation sites is 1. The minimum atomic E-state index is -3.75. The van der Waals surface area contributed by atoms with Crippen LogP contribution in [0.1, 0.15) is 21.7 Å². The molecule has 1 aliphatic heterocycles. The molecule has 8 nitrogen and oxygen atoms in total. The van der Waals surface area contributed by atoms with E-state index in [2.05, 4.69) is 5.10 Å². The van der Waals surface area contributed by atoms with Crippen LogP contribution in [0.5, 0.6) is 5.75 Å². The maximum atomic E-state index is 13.0. The Morgan fingerprint density at radius 1 is 1.19 bits per heavy atom. The van der Waals surface area contributed by atoms with Crippen molar-refractivity contribution in [1.29, 1.82) is 0 Å². The van der Waals surface area contributed by atoms with Crippen molar-refractivity contribution in [2.45, 2.75) is 18.7 Å². The van der Waals surface area contributed by atoms with Gasteiger partial charge in [-0.1, -0.05) is 12.1 Å². The number of rotatable bonds is 4. The second kappa shape index (κ2) is 7.18. The van der Waals surface area contributed by atoms with Gasteiger partial charge in [0.15, 0.2) is 0 Å². The highest BCUT2D eigenvalue weighted by Crippen LogP contribution is 2.26. The molecule has 0 atom stereocenters. The van der Waals surface area contributed by atoms with E-state index >= 15 is 0 Å². The van der Waals surface area contributed by atoms with E-state index in [0.717, 1.165) is 4.68 Å². The summed E-state index contributed by atoms with van der Waals surface area (Å²) in [7, 11) is -2.27. The summed E-state index contributed by atoms with van der Waals surface area (Å²) in [6, 6.07) is 6.76. The SMILES string of the molecule is COc1ccccc1C(=O)n1nc(C)c(S(=O)(=O)N2CCOCC2)c1C. The lowest BCUT2D eigenvalue weighted by Gasteiger charge is -2.26. The lowest BCUT2D eigenvalue weighted by atomic mass is 10.2. The van der Waals surface area contributed by atoms with E-state index in [1.807, 2.05) is 0 Å². The molecule has 26 heavy (non-hydrogen) atoms. The van der Waals surface area contributed by atoms with Gasteiger partial charge in [-0.2, -0.15) is 14.1 Å². The van der Waals surface area contributed by atoms with Crippen LogP contribution in [0.2, 0.25) is 0 Å². The van der Waals surface area contributed by atoms with Crippen molar-refractivity contribution in [3.8, 4) is 5.75 Å². The molecule has 1 saturated heterocycles. The third kappa shape index (κ3) is 3.13. The van der Waals surface area contributed by atoms with Gasteiger partial charge in [-0.15, -0.1) is 0 Å². The van der Waals surface area contributed by atoms with Gasteiger partial charge in [-0.3, -0.25) is 4.79 Å². The fraction of sp³-hybridized carbons (Fsp3) is 0.412. The Bertz CT molecular complexity index is 930. The Kier molecular flexibility index (Phi) is 5.12. The standard InChI is InChI=1S/C17H21N3O5S/c1-12-16(26(22,23)19-8-10-25-11-9-19)13(2)20(18-12)17(21)14-6-4-5-7-15(14)24-3/h4-7H,8-11H2,1-3H3. The second-order valence-electron chi connectivity index (χ2n) is 5.93. The van der Waals surface area contributed by atoms with Gasteiger partial charge in [0.2, 0.25) is 10.0 Å². The largest absolute Gasteiger partial charge is 0.496 e. The molecule has 9 heteroatoms. The van der Waals surface area contributed by atoms with E-state index in [1.165, 1.54) is 11.4 Å². The molecule has 1 aliphatic rings.